The lowest BCUT2D eigenvalue weighted by Gasteiger charge is -2.14. The molecular weight excluding hydrogens is 542 g/mol. The van der Waals surface area contributed by atoms with Crippen molar-refractivity contribution >= 4 is 58.4 Å². The van der Waals surface area contributed by atoms with E-state index in [1.165, 1.54) is 11.8 Å². The van der Waals surface area contributed by atoms with Crippen LogP contribution < -0.4 is 15.5 Å². The summed E-state index contributed by atoms with van der Waals surface area (Å²) in [5.74, 6) is -0.758. The van der Waals surface area contributed by atoms with Crippen molar-refractivity contribution in [3.8, 4) is 0 Å². The molecule has 2 N–H and O–H groups in total. The van der Waals surface area contributed by atoms with Crippen molar-refractivity contribution in [1.29, 1.82) is 0 Å². The fraction of sp³-hybridized carbons (Fsp3) is 0.0938. The number of carbonyl (C=O) groups is 3. The molecule has 0 atom stereocenters. The van der Waals surface area contributed by atoms with Crippen molar-refractivity contribution in [2.24, 2.45) is 0 Å². The molecular formula is C32H28ClN3O3S. The van der Waals surface area contributed by atoms with Crippen molar-refractivity contribution in [2.75, 3.05) is 30.1 Å². The Labute approximate surface area is 243 Å². The number of rotatable bonds is 10. The van der Waals surface area contributed by atoms with Gasteiger partial charge in [0.05, 0.1) is 10.8 Å². The number of Topliss-reactive ketones (excluding diaryl/α,β-unsaturated/α-hetero) is 1. The van der Waals surface area contributed by atoms with Crippen LogP contribution in [0, 0.1) is 0 Å². The molecule has 6 nitrogen and oxygen atoms in total. The Kier molecular flexibility index (Phi) is 9.78. The van der Waals surface area contributed by atoms with E-state index in [1.807, 2.05) is 55.4 Å². The average Bonchev–Trinajstić information content (AvgIpc) is 2.96. The molecule has 0 spiro atoms. The first-order chi connectivity index (χ1) is 19.3. The van der Waals surface area contributed by atoms with Gasteiger partial charge in [-0.15, -0.1) is 11.8 Å². The largest absolute Gasteiger partial charge is 0.378 e. The van der Waals surface area contributed by atoms with Gasteiger partial charge in [-0.05, 0) is 66.2 Å². The summed E-state index contributed by atoms with van der Waals surface area (Å²) in [6, 6.07) is 30.5. The zero-order chi connectivity index (χ0) is 28.5. The van der Waals surface area contributed by atoms with Crippen molar-refractivity contribution in [1.82, 2.24) is 5.32 Å². The van der Waals surface area contributed by atoms with Gasteiger partial charge in [0.1, 0.15) is 5.70 Å². The monoisotopic (exact) mass is 569 g/mol. The molecule has 0 heterocycles. The van der Waals surface area contributed by atoms with Crippen LogP contribution in [0.3, 0.4) is 0 Å². The number of hydrogen-bond donors (Lipinski definition) is 2. The highest BCUT2D eigenvalue weighted by Crippen LogP contribution is 2.25. The molecule has 0 saturated heterocycles. The van der Waals surface area contributed by atoms with Gasteiger partial charge < -0.3 is 15.5 Å². The molecule has 8 heteroatoms. The Hall–Kier alpha value is -4.33. The second-order valence-electron chi connectivity index (χ2n) is 9.04. The van der Waals surface area contributed by atoms with Gasteiger partial charge >= 0.3 is 0 Å². The predicted octanol–water partition coefficient (Wildman–Crippen LogP) is 6.79. The molecule has 0 radical (unpaired) electrons. The van der Waals surface area contributed by atoms with E-state index in [0.29, 0.717) is 21.8 Å². The molecule has 0 bridgehead atoms. The minimum Gasteiger partial charge on any atom is -0.378 e. The second kappa shape index (κ2) is 13.6. The third-order valence-electron chi connectivity index (χ3n) is 5.89. The number of thioether (sulfide) groups is 1. The number of nitrogens with zero attached hydrogens (tertiary/aromatic N) is 1. The van der Waals surface area contributed by atoms with E-state index in [1.54, 1.807) is 72.8 Å². The van der Waals surface area contributed by atoms with Crippen LogP contribution in [0.25, 0.3) is 6.08 Å². The van der Waals surface area contributed by atoms with Gasteiger partial charge in [-0.1, -0.05) is 60.1 Å². The molecule has 0 aliphatic heterocycles. The number of halogens is 1. The summed E-state index contributed by atoms with van der Waals surface area (Å²) in [5, 5.41) is 6.04. The van der Waals surface area contributed by atoms with E-state index in [0.717, 1.165) is 16.1 Å². The SMILES string of the molecule is CN(C)c1ccc(/C=C(\NC(=O)c2ccccc2)C(=O)Nc2cccc(SCC(=O)c3ccccc3Cl)c2)cc1. The van der Waals surface area contributed by atoms with Crippen LogP contribution in [0.5, 0.6) is 0 Å². The topological polar surface area (TPSA) is 78.5 Å². The zero-order valence-electron chi connectivity index (χ0n) is 22.1. The van der Waals surface area contributed by atoms with Gasteiger partial charge in [0, 0.05) is 41.5 Å². The highest BCUT2D eigenvalue weighted by Gasteiger charge is 2.16. The Morgan fingerprint density at radius 1 is 0.850 bits per heavy atom. The van der Waals surface area contributed by atoms with E-state index in [9.17, 15) is 14.4 Å². The van der Waals surface area contributed by atoms with Crippen LogP contribution in [0.4, 0.5) is 11.4 Å². The summed E-state index contributed by atoms with van der Waals surface area (Å²) in [7, 11) is 3.89. The number of nitrogens with one attached hydrogen (secondary N) is 2. The summed E-state index contributed by atoms with van der Waals surface area (Å²) in [5.41, 5.74) is 3.31. The molecule has 2 amide bonds. The van der Waals surface area contributed by atoms with Gasteiger partial charge in [0.2, 0.25) is 0 Å². The lowest BCUT2D eigenvalue weighted by Crippen LogP contribution is -2.30. The Bertz CT molecular complexity index is 1540. The van der Waals surface area contributed by atoms with Crippen LogP contribution in [-0.4, -0.2) is 37.4 Å². The summed E-state index contributed by atoms with van der Waals surface area (Å²) >= 11 is 7.50. The van der Waals surface area contributed by atoms with Gasteiger partial charge in [0.15, 0.2) is 5.78 Å². The molecule has 0 unspecified atom stereocenters. The van der Waals surface area contributed by atoms with Gasteiger partial charge in [-0.3, -0.25) is 14.4 Å². The zero-order valence-corrected chi connectivity index (χ0v) is 23.6. The molecule has 4 rings (SSSR count). The van der Waals surface area contributed by atoms with Crippen molar-refractivity contribution in [3.05, 3.63) is 131 Å². The Morgan fingerprint density at radius 3 is 2.25 bits per heavy atom. The number of carbonyl (C=O) groups excluding carboxylic acids is 3. The smallest absolute Gasteiger partial charge is 0.272 e. The summed E-state index contributed by atoms with van der Waals surface area (Å²) in [4.78, 5) is 41.7. The molecule has 0 aliphatic rings. The molecule has 0 aliphatic carbocycles. The summed E-state index contributed by atoms with van der Waals surface area (Å²) in [6.07, 6.45) is 1.64. The van der Waals surface area contributed by atoms with Crippen LogP contribution >= 0.6 is 23.4 Å². The number of amides is 2. The fourth-order valence-corrected chi connectivity index (χ4v) is 4.83. The lowest BCUT2D eigenvalue weighted by molar-refractivity contribution is -0.113. The number of hydrogen-bond acceptors (Lipinski definition) is 5. The Balaban J connectivity index is 1.51. The minimum atomic E-state index is -0.477. The quantitative estimate of drug-likeness (QED) is 0.125. The highest BCUT2D eigenvalue weighted by atomic mass is 35.5. The van der Waals surface area contributed by atoms with Crippen molar-refractivity contribution < 1.29 is 14.4 Å². The van der Waals surface area contributed by atoms with E-state index >= 15 is 0 Å². The van der Waals surface area contributed by atoms with Crippen LogP contribution in [0.15, 0.2) is 114 Å². The second-order valence-corrected chi connectivity index (χ2v) is 10.5. The molecule has 0 saturated carbocycles. The van der Waals surface area contributed by atoms with Gasteiger partial charge in [-0.2, -0.15) is 0 Å². The van der Waals surface area contributed by atoms with Crippen LogP contribution in [0.1, 0.15) is 26.3 Å². The van der Waals surface area contributed by atoms with Crippen molar-refractivity contribution in [3.63, 3.8) is 0 Å². The molecule has 0 fully saturated rings. The fourth-order valence-electron chi connectivity index (χ4n) is 3.75. The van der Waals surface area contributed by atoms with Crippen LogP contribution in [-0.2, 0) is 4.79 Å². The highest BCUT2D eigenvalue weighted by molar-refractivity contribution is 8.00. The predicted molar refractivity (Wildman–Crippen MR) is 164 cm³/mol. The first-order valence-corrected chi connectivity index (χ1v) is 13.8. The average molecular weight is 570 g/mol. The van der Waals surface area contributed by atoms with E-state index in [4.69, 9.17) is 11.6 Å². The van der Waals surface area contributed by atoms with Gasteiger partial charge in [0.25, 0.3) is 11.8 Å². The van der Waals surface area contributed by atoms with Crippen molar-refractivity contribution in [2.45, 2.75) is 4.90 Å². The maximum Gasteiger partial charge on any atom is 0.272 e. The maximum absolute atomic E-state index is 13.4. The first-order valence-electron chi connectivity index (χ1n) is 12.5. The normalized spacial score (nSPS) is 11.0. The number of benzene rings is 4. The standard InChI is InChI=1S/C32H28ClN3O3S/c1-36(2)25-17-15-22(16-18-25)19-29(35-31(38)23-9-4-3-5-10-23)32(39)34-24-11-8-12-26(20-24)40-21-30(37)27-13-6-7-14-28(27)33/h3-20H,21H2,1-2H3,(H,34,39)(H,35,38)/b29-19-. The lowest BCUT2D eigenvalue weighted by atomic mass is 10.1. The van der Waals surface area contributed by atoms with Gasteiger partial charge in [-0.25, -0.2) is 0 Å². The molecule has 4 aromatic rings. The van der Waals surface area contributed by atoms with Crippen LogP contribution in [0.2, 0.25) is 5.02 Å². The third kappa shape index (κ3) is 7.85. The van der Waals surface area contributed by atoms with E-state index in [2.05, 4.69) is 10.6 Å². The number of anilines is 2. The molecule has 0 aromatic heterocycles. The summed E-state index contributed by atoms with van der Waals surface area (Å²) in [6.45, 7) is 0. The Morgan fingerprint density at radius 2 is 1.55 bits per heavy atom. The van der Waals surface area contributed by atoms with E-state index in [-0.39, 0.29) is 17.2 Å². The third-order valence-corrected chi connectivity index (χ3v) is 7.21. The summed E-state index contributed by atoms with van der Waals surface area (Å²) < 4.78 is 0. The molecule has 40 heavy (non-hydrogen) atoms. The molecule has 4 aromatic carbocycles. The number of ketones is 1. The van der Waals surface area contributed by atoms with E-state index < -0.39 is 11.8 Å². The minimum absolute atomic E-state index is 0.0841. The first kappa shape index (κ1) is 28.7. The molecule has 202 valence electrons. The maximum atomic E-state index is 13.4.